The van der Waals surface area contributed by atoms with Gasteiger partial charge in [-0.25, -0.2) is 0 Å². The van der Waals surface area contributed by atoms with Crippen LogP contribution in [0.1, 0.15) is 21.5 Å². The fourth-order valence-corrected chi connectivity index (χ4v) is 4.07. The zero-order valence-electron chi connectivity index (χ0n) is 16.7. The second kappa shape index (κ2) is 7.28. The molecule has 152 valence electrons. The van der Waals surface area contributed by atoms with Crippen molar-refractivity contribution in [2.45, 2.75) is 10.0 Å². The molecule has 1 heterocycles. The van der Waals surface area contributed by atoms with E-state index in [1.54, 1.807) is 30.3 Å². The second-order valence-electron chi connectivity index (χ2n) is 7.51. The summed E-state index contributed by atoms with van der Waals surface area (Å²) >= 11 is 0. The summed E-state index contributed by atoms with van der Waals surface area (Å²) in [5, 5.41) is 0. The standard InChI is InChI=1S/C18H19B3N2O6S/c19-17(11-8-6-10(7-9-11)15(22)25)14(24)13(16(23)28-17)29-30(26,27)18(20,21)12-4-2-1-3-5-12/h1-9H,19-21,23H2,(H2,22,25). The number of amides is 1. The molecule has 0 aliphatic carbocycles. The minimum absolute atomic E-state index is 0.248. The van der Waals surface area contributed by atoms with Gasteiger partial charge in [-0.1, -0.05) is 42.5 Å². The largest absolute Gasteiger partial charge is 0.467 e. The number of Topliss-reactive ketones (excluding diaryl/α,β-unsaturated/α-hetero) is 1. The molecular weight excluding hydrogens is 405 g/mol. The zero-order valence-corrected chi connectivity index (χ0v) is 17.5. The molecule has 1 aliphatic rings. The van der Waals surface area contributed by atoms with E-state index >= 15 is 0 Å². The lowest BCUT2D eigenvalue weighted by molar-refractivity contribution is -0.126. The molecule has 0 aromatic heterocycles. The molecular formula is C18H19B3N2O6S. The molecule has 30 heavy (non-hydrogen) atoms. The van der Waals surface area contributed by atoms with Crippen LogP contribution in [0.3, 0.4) is 0 Å². The Morgan fingerprint density at radius 3 is 2.17 bits per heavy atom. The van der Waals surface area contributed by atoms with Crippen LogP contribution in [0, 0.1) is 0 Å². The van der Waals surface area contributed by atoms with E-state index in [4.69, 9.17) is 20.4 Å². The van der Waals surface area contributed by atoms with E-state index < -0.39 is 43.5 Å². The minimum atomic E-state index is -4.31. The number of rotatable bonds is 6. The Kier molecular flexibility index (Phi) is 5.24. The molecule has 0 radical (unpaired) electrons. The molecule has 3 rings (SSSR count). The van der Waals surface area contributed by atoms with Gasteiger partial charge in [0.15, 0.2) is 13.3 Å². The zero-order chi connectivity index (χ0) is 22.3. The van der Waals surface area contributed by atoms with Gasteiger partial charge in [-0.2, -0.15) is 8.42 Å². The maximum absolute atomic E-state index is 13.1. The molecule has 0 fully saturated rings. The molecule has 8 nitrogen and oxygen atoms in total. The Balaban J connectivity index is 1.91. The molecule has 1 atom stereocenters. The lowest BCUT2D eigenvalue weighted by Crippen LogP contribution is -2.40. The smallest absolute Gasteiger partial charge is 0.304 e. The topological polar surface area (TPSA) is 139 Å². The first-order chi connectivity index (χ1) is 13.9. The quantitative estimate of drug-likeness (QED) is 0.394. The summed E-state index contributed by atoms with van der Waals surface area (Å²) in [6.07, 6.45) is 0. The number of nitrogens with two attached hydrogens (primary N) is 2. The van der Waals surface area contributed by atoms with Gasteiger partial charge in [0.25, 0.3) is 0 Å². The van der Waals surface area contributed by atoms with Crippen molar-refractivity contribution in [2.24, 2.45) is 11.5 Å². The number of hydrogen-bond donors (Lipinski definition) is 2. The van der Waals surface area contributed by atoms with Crippen LogP contribution in [-0.4, -0.2) is 43.6 Å². The van der Waals surface area contributed by atoms with Crippen molar-refractivity contribution >= 4 is 45.3 Å². The number of hydrogen-bond acceptors (Lipinski definition) is 7. The third-order valence-corrected chi connectivity index (χ3v) is 7.06. The fraction of sp³-hybridized carbons (Fsp3) is 0.111. The maximum atomic E-state index is 13.1. The minimum Gasteiger partial charge on any atom is -0.467 e. The van der Waals surface area contributed by atoms with Gasteiger partial charge >= 0.3 is 10.1 Å². The van der Waals surface area contributed by atoms with Crippen LogP contribution in [0.5, 0.6) is 0 Å². The number of carbonyl (C=O) groups excluding carboxylic acids is 2. The summed E-state index contributed by atoms with van der Waals surface area (Å²) in [7, 11) is 0.0623. The molecule has 2 aromatic carbocycles. The average Bonchev–Trinajstić information content (AvgIpc) is 2.92. The first-order valence-electron chi connectivity index (χ1n) is 9.03. The van der Waals surface area contributed by atoms with Gasteiger partial charge < -0.3 is 20.4 Å². The van der Waals surface area contributed by atoms with E-state index in [0.717, 1.165) is 0 Å². The van der Waals surface area contributed by atoms with Gasteiger partial charge in [-0.3, -0.25) is 9.59 Å². The van der Waals surface area contributed by atoms with Crippen LogP contribution in [0.25, 0.3) is 0 Å². The predicted molar refractivity (Wildman–Crippen MR) is 118 cm³/mol. The van der Waals surface area contributed by atoms with E-state index in [1.807, 2.05) is 0 Å². The molecule has 0 bridgehead atoms. The Bertz CT molecular complexity index is 1150. The summed E-state index contributed by atoms with van der Waals surface area (Å²) in [4.78, 5) is 24.3. The van der Waals surface area contributed by atoms with Crippen LogP contribution in [0.15, 0.2) is 66.2 Å². The number of benzene rings is 2. The SMILES string of the molecule is BC1(c2ccc(C(N)=O)cc2)OC(N)=C(OS(=O)(=O)C(B)(B)c2ccccc2)C1=O. The van der Waals surface area contributed by atoms with Crippen molar-refractivity contribution in [3.63, 3.8) is 0 Å². The molecule has 12 heteroatoms. The van der Waals surface area contributed by atoms with Crippen LogP contribution in [0.4, 0.5) is 0 Å². The molecule has 1 aliphatic heterocycles. The van der Waals surface area contributed by atoms with E-state index in [-0.39, 0.29) is 5.56 Å². The van der Waals surface area contributed by atoms with Crippen LogP contribution in [0.2, 0.25) is 0 Å². The highest BCUT2D eigenvalue weighted by atomic mass is 32.2. The lowest BCUT2D eigenvalue weighted by atomic mass is 9.65. The van der Waals surface area contributed by atoms with Crippen LogP contribution >= 0.6 is 0 Å². The number of carbonyl (C=O) groups is 2. The summed E-state index contributed by atoms with van der Waals surface area (Å²) in [6, 6.07) is 14.3. The molecule has 1 amide bonds. The number of ketones is 1. The highest BCUT2D eigenvalue weighted by molar-refractivity contribution is 7.90. The van der Waals surface area contributed by atoms with Crippen molar-refractivity contribution in [3.8, 4) is 0 Å². The van der Waals surface area contributed by atoms with E-state index in [9.17, 15) is 18.0 Å². The number of ether oxygens (including phenoxy) is 1. The van der Waals surface area contributed by atoms with Gasteiger partial charge in [-0.15, -0.1) is 0 Å². The summed E-state index contributed by atoms with van der Waals surface area (Å²) in [6.45, 7) is 0. The molecule has 0 saturated heterocycles. The highest BCUT2D eigenvalue weighted by Gasteiger charge is 2.50. The average molecular weight is 424 g/mol. The fourth-order valence-electron chi connectivity index (χ4n) is 3.06. The van der Waals surface area contributed by atoms with Crippen LogP contribution in [-0.2, 0) is 33.9 Å². The summed E-state index contributed by atoms with van der Waals surface area (Å²) in [5.41, 5.74) is 10.5. The normalized spacial score (nSPS) is 19.4. The van der Waals surface area contributed by atoms with E-state index in [1.165, 1.54) is 47.8 Å². The van der Waals surface area contributed by atoms with Crippen molar-refractivity contribution < 1.29 is 26.9 Å². The van der Waals surface area contributed by atoms with Crippen LogP contribution < -0.4 is 11.5 Å². The molecule has 0 saturated carbocycles. The lowest BCUT2D eigenvalue weighted by Gasteiger charge is -2.26. The van der Waals surface area contributed by atoms with Gasteiger partial charge in [0, 0.05) is 5.56 Å². The van der Waals surface area contributed by atoms with E-state index in [0.29, 0.717) is 11.1 Å². The molecule has 4 N–H and O–H groups in total. The Morgan fingerprint density at radius 2 is 1.63 bits per heavy atom. The van der Waals surface area contributed by atoms with Crippen molar-refractivity contribution in [2.75, 3.05) is 0 Å². The second-order valence-corrected chi connectivity index (χ2v) is 9.61. The van der Waals surface area contributed by atoms with Crippen molar-refractivity contribution in [1.29, 1.82) is 0 Å². The van der Waals surface area contributed by atoms with Gasteiger partial charge in [0.05, 0.1) is 4.55 Å². The Labute approximate surface area is 177 Å². The molecule has 0 spiro atoms. The van der Waals surface area contributed by atoms with Crippen molar-refractivity contribution in [1.82, 2.24) is 0 Å². The van der Waals surface area contributed by atoms with Gasteiger partial charge in [-0.05, 0) is 23.3 Å². The monoisotopic (exact) mass is 424 g/mol. The molecule has 2 aromatic rings. The first-order valence-corrected chi connectivity index (χ1v) is 10.4. The summed E-state index contributed by atoms with van der Waals surface area (Å²) < 4.78 is 35.3. The number of primary amides is 1. The predicted octanol–water partition coefficient (Wildman–Crippen LogP) is -2.28. The maximum Gasteiger partial charge on any atom is 0.304 e. The third kappa shape index (κ3) is 3.47. The van der Waals surface area contributed by atoms with Crippen molar-refractivity contribution in [3.05, 3.63) is 82.9 Å². The third-order valence-electron chi connectivity index (χ3n) is 5.18. The molecule has 1 unspecified atom stereocenters. The Morgan fingerprint density at radius 1 is 1.07 bits per heavy atom. The first kappa shape index (κ1) is 21.6. The Hall–Kier alpha value is -3.14. The van der Waals surface area contributed by atoms with E-state index in [2.05, 4.69) is 0 Å². The highest BCUT2D eigenvalue weighted by Crippen LogP contribution is 2.37. The van der Waals surface area contributed by atoms with Gasteiger partial charge in [0.1, 0.15) is 15.7 Å². The van der Waals surface area contributed by atoms with Gasteiger partial charge in [0.2, 0.25) is 23.3 Å². The summed E-state index contributed by atoms with van der Waals surface area (Å²) in [5.74, 6) is -2.39.